The van der Waals surface area contributed by atoms with E-state index in [2.05, 4.69) is 15.5 Å². The number of aromatic nitrogens is 2. The molecule has 20 heavy (non-hydrogen) atoms. The highest BCUT2D eigenvalue weighted by atomic mass is 35.5. The molecule has 1 aromatic heterocycles. The monoisotopic (exact) mass is 311 g/mol. The van der Waals surface area contributed by atoms with E-state index in [0.29, 0.717) is 15.9 Å². The Labute approximate surface area is 125 Å². The lowest BCUT2D eigenvalue weighted by Crippen LogP contribution is -2.30. The molecule has 0 bridgehead atoms. The summed E-state index contributed by atoms with van der Waals surface area (Å²) in [5.41, 5.74) is 0.879. The number of nitrogens with zero attached hydrogens (tertiary/aromatic N) is 2. The van der Waals surface area contributed by atoms with Crippen molar-refractivity contribution >= 4 is 34.0 Å². The lowest BCUT2D eigenvalue weighted by molar-refractivity contribution is -0.122. The van der Waals surface area contributed by atoms with Gasteiger partial charge >= 0.3 is 0 Å². The van der Waals surface area contributed by atoms with Gasteiger partial charge in [0.2, 0.25) is 5.13 Å². The van der Waals surface area contributed by atoms with Gasteiger partial charge in [-0.25, -0.2) is 0 Å². The van der Waals surface area contributed by atoms with Crippen molar-refractivity contribution in [2.45, 2.75) is 26.9 Å². The van der Waals surface area contributed by atoms with Crippen LogP contribution >= 0.6 is 22.9 Å². The average Bonchev–Trinajstić information content (AvgIpc) is 2.78. The van der Waals surface area contributed by atoms with Crippen LogP contribution in [0.2, 0.25) is 5.02 Å². The van der Waals surface area contributed by atoms with E-state index < -0.39 is 6.10 Å². The van der Waals surface area contributed by atoms with Gasteiger partial charge in [-0.15, -0.1) is 10.2 Å². The first kappa shape index (κ1) is 14.7. The van der Waals surface area contributed by atoms with Gasteiger partial charge < -0.3 is 4.74 Å². The molecule has 2 rings (SSSR count). The number of aryl methyl sites for hydroxylation is 2. The Kier molecular flexibility index (Phi) is 4.57. The minimum atomic E-state index is -0.640. The summed E-state index contributed by atoms with van der Waals surface area (Å²) in [5, 5.41) is 12.2. The first-order valence-corrected chi connectivity index (χ1v) is 7.19. The summed E-state index contributed by atoms with van der Waals surface area (Å²) in [6, 6.07) is 5.26. The maximum atomic E-state index is 12.0. The molecule has 1 atom stereocenters. The van der Waals surface area contributed by atoms with Gasteiger partial charge in [0.15, 0.2) is 6.10 Å². The van der Waals surface area contributed by atoms with Gasteiger partial charge in [0.1, 0.15) is 10.8 Å². The number of carbonyl (C=O) groups excluding carboxylic acids is 1. The van der Waals surface area contributed by atoms with Crippen molar-refractivity contribution in [1.29, 1.82) is 0 Å². The molecule has 0 fully saturated rings. The summed E-state index contributed by atoms with van der Waals surface area (Å²) in [7, 11) is 0. The van der Waals surface area contributed by atoms with Crippen LogP contribution in [0, 0.1) is 13.8 Å². The number of hydrogen-bond acceptors (Lipinski definition) is 5. The maximum absolute atomic E-state index is 12.0. The molecule has 1 N–H and O–H groups in total. The van der Waals surface area contributed by atoms with Crippen LogP contribution in [0.3, 0.4) is 0 Å². The van der Waals surface area contributed by atoms with E-state index >= 15 is 0 Å². The summed E-state index contributed by atoms with van der Waals surface area (Å²) in [4.78, 5) is 12.0. The summed E-state index contributed by atoms with van der Waals surface area (Å²) >= 11 is 7.19. The zero-order chi connectivity index (χ0) is 14.7. The highest BCUT2D eigenvalue weighted by Crippen LogP contribution is 2.23. The van der Waals surface area contributed by atoms with E-state index in [1.54, 1.807) is 25.1 Å². The van der Waals surface area contributed by atoms with E-state index in [-0.39, 0.29) is 5.91 Å². The van der Waals surface area contributed by atoms with Crippen LogP contribution in [0.25, 0.3) is 0 Å². The SMILES string of the molecule is Cc1nnc(NC(=O)[C@@H](C)Oc2ccc(Cl)cc2C)s1. The molecule has 0 aliphatic rings. The Bertz CT molecular complexity index is 630. The van der Waals surface area contributed by atoms with Gasteiger partial charge in [-0.2, -0.15) is 0 Å². The van der Waals surface area contributed by atoms with Crippen LogP contribution in [0.15, 0.2) is 18.2 Å². The molecule has 7 heteroatoms. The van der Waals surface area contributed by atoms with Crippen molar-refractivity contribution < 1.29 is 9.53 Å². The summed E-state index contributed by atoms with van der Waals surface area (Å²) in [6.07, 6.45) is -0.640. The molecule has 2 aromatic rings. The van der Waals surface area contributed by atoms with Gasteiger partial charge in [0.05, 0.1) is 0 Å². The molecule has 1 aromatic carbocycles. The van der Waals surface area contributed by atoms with Crippen molar-refractivity contribution in [2.24, 2.45) is 0 Å². The Morgan fingerprint density at radius 3 is 2.75 bits per heavy atom. The molecule has 1 amide bonds. The molecular weight excluding hydrogens is 298 g/mol. The summed E-state index contributed by atoms with van der Waals surface area (Å²) in [6.45, 7) is 5.38. The smallest absolute Gasteiger partial charge is 0.266 e. The van der Waals surface area contributed by atoms with Crippen LogP contribution in [0.4, 0.5) is 5.13 Å². The van der Waals surface area contributed by atoms with E-state index in [4.69, 9.17) is 16.3 Å². The van der Waals surface area contributed by atoms with Crippen molar-refractivity contribution in [3.05, 3.63) is 33.8 Å². The first-order valence-electron chi connectivity index (χ1n) is 5.99. The number of hydrogen-bond donors (Lipinski definition) is 1. The maximum Gasteiger partial charge on any atom is 0.266 e. The van der Waals surface area contributed by atoms with E-state index in [1.807, 2.05) is 13.8 Å². The molecule has 0 aliphatic heterocycles. The molecule has 0 saturated carbocycles. The highest BCUT2D eigenvalue weighted by Gasteiger charge is 2.17. The molecule has 5 nitrogen and oxygen atoms in total. The van der Waals surface area contributed by atoms with E-state index in [9.17, 15) is 4.79 Å². The fourth-order valence-electron chi connectivity index (χ4n) is 1.54. The number of anilines is 1. The normalized spacial score (nSPS) is 12.0. The van der Waals surface area contributed by atoms with Crippen LogP contribution in [0.1, 0.15) is 17.5 Å². The average molecular weight is 312 g/mol. The molecule has 1 heterocycles. The van der Waals surface area contributed by atoms with Crippen molar-refractivity contribution in [1.82, 2.24) is 10.2 Å². The molecule has 106 valence electrons. The minimum Gasteiger partial charge on any atom is -0.481 e. The number of nitrogens with one attached hydrogen (secondary N) is 1. The topological polar surface area (TPSA) is 64.1 Å². The first-order chi connectivity index (χ1) is 9.45. The van der Waals surface area contributed by atoms with Gasteiger partial charge in [-0.1, -0.05) is 22.9 Å². The molecule has 0 unspecified atom stereocenters. The lowest BCUT2D eigenvalue weighted by Gasteiger charge is -2.15. The molecule has 0 saturated heterocycles. The quantitative estimate of drug-likeness (QED) is 0.941. The van der Waals surface area contributed by atoms with Crippen molar-refractivity contribution in [3.63, 3.8) is 0 Å². The predicted octanol–water partition coefficient (Wildman–Crippen LogP) is 3.21. The Balaban J connectivity index is 2.00. The lowest BCUT2D eigenvalue weighted by atomic mass is 10.2. The second kappa shape index (κ2) is 6.19. The number of halogens is 1. The number of benzene rings is 1. The summed E-state index contributed by atoms with van der Waals surface area (Å²) < 4.78 is 5.63. The number of amides is 1. The Morgan fingerprint density at radius 2 is 2.15 bits per heavy atom. The Hall–Kier alpha value is -1.66. The van der Waals surface area contributed by atoms with Gasteiger partial charge in [-0.3, -0.25) is 10.1 Å². The van der Waals surface area contributed by atoms with E-state index in [0.717, 1.165) is 10.6 Å². The zero-order valence-electron chi connectivity index (χ0n) is 11.3. The zero-order valence-corrected chi connectivity index (χ0v) is 12.9. The van der Waals surface area contributed by atoms with Crippen LogP contribution in [0.5, 0.6) is 5.75 Å². The fraction of sp³-hybridized carbons (Fsp3) is 0.308. The van der Waals surface area contributed by atoms with Crippen molar-refractivity contribution in [3.8, 4) is 5.75 Å². The van der Waals surface area contributed by atoms with Crippen LogP contribution < -0.4 is 10.1 Å². The summed E-state index contributed by atoms with van der Waals surface area (Å²) in [5.74, 6) is 0.362. The minimum absolute atomic E-state index is 0.268. The fourth-order valence-corrected chi connectivity index (χ4v) is 2.36. The number of ether oxygens (including phenoxy) is 1. The molecule has 0 radical (unpaired) electrons. The van der Waals surface area contributed by atoms with Gasteiger partial charge in [0.25, 0.3) is 5.91 Å². The largest absolute Gasteiger partial charge is 0.481 e. The Morgan fingerprint density at radius 1 is 1.40 bits per heavy atom. The highest BCUT2D eigenvalue weighted by molar-refractivity contribution is 7.15. The third-order valence-electron chi connectivity index (χ3n) is 2.57. The molecular formula is C13H14ClN3O2S. The van der Waals surface area contributed by atoms with Crippen LogP contribution in [-0.2, 0) is 4.79 Å². The second-order valence-corrected chi connectivity index (χ2v) is 5.90. The molecule has 0 aliphatic carbocycles. The van der Waals surface area contributed by atoms with Crippen molar-refractivity contribution in [2.75, 3.05) is 5.32 Å². The second-order valence-electron chi connectivity index (χ2n) is 4.29. The predicted molar refractivity (Wildman–Crippen MR) is 79.6 cm³/mol. The van der Waals surface area contributed by atoms with E-state index in [1.165, 1.54) is 11.3 Å². The van der Waals surface area contributed by atoms with Gasteiger partial charge in [0, 0.05) is 5.02 Å². The number of carbonyl (C=O) groups is 1. The third kappa shape index (κ3) is 3.68. The number of rotatable bonds is 4. The third-order valence-corrected chi connectivity index (χ3v) is 3.56. The van der Waals surface area contributed by atoms with Gasteiger partial charge in [-0.05, 0) is 44.5 Å². The standard InChI is InChI=1S/C13H14ClN3O2S/c1-7-6-10(14)4-5-11(7)19-8(2)12(18)15-13-17-16-9(3)20-13/h4-6,8H,1-3H3,(H,15,17,18)/t8-/m1/s1. The molecule has 0 spiro atoms. The van der Waals surface area contributed by atoms with Crippen LogP contribution in [-0.4, -0.2) is 22.2 Å².